The van der Waals surface area contributed by atoms with E-state index in [4.69, 9.17) is 5.73 Å². The number of primary amides is 1. The largest absolute Gasteiger partial charge is 0.369 e. The fraction of sp³-hybridized carbons (Fsp3) is 0.286. The number of amides is 2. The Bertz CT molecular complexity index is 1000. The number of anilines is 1. The van der Waals surface area contributed by atoms with Gasteiger partial charge in [0.25, 0.3) is 5.91 Å². The zero-order chi connectivity index (χ0) is 19.5. The molecule has 2 amide bonds. The van der Waals surface area contributed by atoms with Crippen molar-refractivity contribution in [2.24, 2.45) is 11.7 Å². The number of carbonyl (C=O) groups excluding carboxylic acids is 2. The molecule has 2 aromatic carbocycles. The van der Waals surface area contributed by atoms with Crippen LogP contribution >= 0.6 is 0 Å². The van der Waals surface area contributed by atoms with Crippen LogP contribution < -0.4 is 11.1 Å². The van der Waals surface area contributed by atoms with Gasteiger partial charge in [-0.3, -0.25) is 19.6 Å². The smallest absolute Gasteiger partial charge is 0.276 e. The van der Waals surface area contributed by atoms with Gasteiger partial charge < -0.3 is 11.1 Å². The fourth-order valence-electron chi connectivity index (χ4n) is 3.71. The number of hydrogen-bond donors (Lipinski definition) is 3. The molecule has 0 spiro atoms. The van der Waals surface area contributed by atoms with Gasteiger partial charge in [-0.25, -0.2) is 0 Å². The number of aromatic amines is 1. The van der Waals surface area contributed by atoms with Crippen molar-refractivity contribution in [3.8, 4) is 0 Å². The van der Waals surface area contributed by atoms with Crippen LogP contribution in [0.3, 0.4) is 0 Å². The van der Waals surface area contributed by atoms with E-state index in [0.29, 0.717) is 5.69 Å². The molecule has 0 unspecified atom stereocenters. The van der Waals surface area contributed by atoms with Gasteiger partial charge in [-0.1, -0.05) is 30.3 Å². The second kappa shape index (κ2) is 7.82. The van der Waals surface area contributed by atoms with Crippen LogP contribution in [0.25, 0.3) is 10.9 Å². The van der Waals surface area contributed by atoms with E-state index >= 15 is 0 Å². The Morgan fingerprint density at radius 1 is 1.14 bits per heavy atom. The van der Waals surface area contributed by atoms with Gasteiger partial charge in [0, 0.05) is 23.5 Å². The number of hydrogen-bond acceptors (Lipinski definition) is 4. The molecule has 3 aromatic rings. The number of benzene rings is 2. The van der Waals surface area contributed by atoms with Gasteiger partial charge in [-0.05, 0) is 49.7 Å². The SMILES string of the molecule is NC(=O)C1CCN(Cc2cccc(NC(=O)c3n[nH]c4ccccc34)c2)CC1. The number of nitrogens with two attached hydrogens (primary N) is 1. The molecule has 1 aliphatic heterocycles. The molecular formula is C21H23N5O2. The molecule has 0 saturated carbocycles. The number of aromatic nitrogens is 2. The van der Waals surface area contributed by atoms with Crippen molar-refractivity contribution >= 4 is 28.4 Å². The number of nitrogens with one attached hydrogen (secondary N) is 2. The molecule has 1 saturated heterocycles. The van der Waals surface area contributed by atoms with Gasteiger partial charge >= 0.3 is 0 Å². The number of rotatable bonds is 5. The minimum atomic E-state index is -0.239. The third-order valence-corrected chi connectivity index (χ3v) is 5.27. The summed E-state index contributed by atoms with van der Waals surface area (Å²) in [5, 5.41) is 10.8. The van der Waals surface area contributed by atoms with Crippen molar-refractivity contribution in [3.63, 3.8) is 0 Å². The molecule has 4 rings (SSSR count). The summed E-state index contributed by atoms with van der Waals surface area (Å²) in [7, 11) is 0. The van der Waals surface area contributed by atoms with Crippen LogP contribution in [0, 0.1) is 5.92 Å². The minimum Gasteiger partial charge on any atom is -0.369 e. The molecule has 0 radical (unpaired) electrons. The van der Waals surface area contributed by atoms with Crippen molar-refractivity contribution in [3.05, 3.63) is 59.8 Å². The average molecular weight is 377 g/mol. The highest BCUT2D eigenvalue weighted by atomic mass is 16.2. The van der Waals surface area contributed by atoms with Gasteiger partial charge in [0.05, 0.1) is 5.52 Å². The fourth-order valence-corrected chi connectivity index (χ4v) is 3.71. The maximum Gasteiger partial charge on any atom is 0.276 e. The molecule has 0 atom stereocenters. The Hall–Kier alpha value is -3.19. The van der Waals surface area contributed by atoms with E-state index in [-0.39, 0.29) is 17.7 Å². The number of likely N-dealkylation sites (tertiary alicyclic amines) is 1. The van der Waals surface area contributed by atoms with Crippen molar-refractivity contribution in [1.29, 1.82) is 0 Å². The normalized spacial score (nSPS) is 15.6. The molecule has 0 bridgehead atoms. The summed E-state index contributed by atoms with van der Waals surface area (Å²) in [5.41, 5.74) is 8.47. The summed E-state index contributed by atoms with van der Waals surface area (Å²) in [5.74, 6) is -0.447. The van der Waals surface area contributed by atoms with Crippen LogP contribution in [-0.2, 0) is 11.3 Å². The van der Waals surface area contributed by atoms with Crippen LogP contribution in [0.2, 0.25) is 0 Å². The van der Waals surface area contributed by atoms with Gasteiger partial charge in [0.1, 0.15) is 0 Å². The second-order valence-electron chi connectivity index (χ2n) is 7.23. The number of nitrogens with zero attached hydrogens (tertiary/aromatic N) is 2. The van der Waals surface area contributed by atoms with Crippen molar-refractivity contribution in [1.82, 2.24) is 15.1 Å². The summed E-state index contributed by atoms with van der Waals surface area (Å²) >= 11 is 0. The maximum absolute atomic E-state index is 12.6. The Morgan fingerprint density at radius 2 is 1.93 bits per heavy atom. The van der Waals surface area contributed by atoms with Crippen LogP contribution in [0.5, 0.6) is 0 Å². The van der Waals surface area contributed by atoms with E-state index in [1.165, 1.54) is 0 Å². The Morgan fingerprint density at radius 3 is 2.71 bits per heavy atom. The highest BCUT2D eigenvalue weighted by Gasteiger charge is 2.23. The first kappa shape index (κ1) is 18.2. The Labute approximate surface area is 162 Å². The van der Waals surface area contributed by atoms with Gasteiger partial charge in [0.15, 0.2) is 5.69 Å². The average Bonchev–Trinajstić information content (AvgIpc) is 3.13. The van der Waals surface area contributed by atoms with Crippen LogP contribution in [0.4, 0.5) is 5.69 Å². The molecule has 2 heterocycles. The van der Waals surface area contributed by atoms with Crippen LogP contribution in [0.1, 0.15) is 28.9 Å². The zero-order valence-electron chi connectivity index (χ0n) is 15.5. The molecule has 1 fully saturated rings. The number of carbonyl (C=O) groups is 2. The summed E-state index contributed by atoms with van der Waals surface area (Å²) in [6.07, 6.45) is 1.61. The van der Waals surface area contributed by atoms with Crippen LogP contribution in [0.15, 0.2) is 48.5 Å². The molecule has 7 heteroatoms. The van der Waals surface area contributed by atoms with E-state index in [2.05, 4.69) is 20.4 Å². The maximum atomic E-state index is 12.6. The zero-order valence-corrected chi connectivity index (χ0v) is 15.5. The standard InChI is InChI=1S/C21H23N5O2/c22-20(27)15-8-10-26(11-9-15)13-14-4-3-5-16(12-14)23-21(28)19-17-6-1-2-7-18(17)24-25-19/h1-7,12,15H,8-11,13H2,(H2,22,27)(H,23,28)(H,24,25). The minimum absolute atomic E-state index is 0.00875. The summed E-state index contributed by atoms with van der Waals surface area (Å²) in [6.45, 7) is 2.48. The number of fused-ring (bicyclic) bond motifs is 1. The molecule has 144 valence electrons. The Balaban J connectivity index is 1.41. The lowest BCUT2D eigenvalue weighted by molar-refractivity contribution is -0.123. The van der Waals surface area contributed by atoms with Gasteiger partial charge in [0.2, 0.25) is 5.91 Å². The van der Waals surface area contributed by atoms with E-state index in [0.717, 1.165) is 54.6 Å². The first-order valence-electron chi connectivity index (χ1n) is 9.45. The van der Waals surface area contributed by atoms with E-state index in [1.807, 2.05) is 48.5 Å². The Kier molecular flexibility index (Phi) is 5.08. The number of H-pyrrole nitrogens is 1. The molecule has 0 aliphatic carbocycles. The topological polar surface area (TPSA) is 104 Å². The van der Waals surface area contributed by atoms with Gasteiger partial charge in [-0.15, -0.1) is 0 Å². The lowest BCUT2D eigenvalue weighted by atomic mass is 9.96. The number of piperidine rings is 1. The lowest BCUT2D eigenvalue weighted by Gasteiger charge is -2.30. The molecule has 28 heavy (non-hydrogen) atoms. The third-order valence-electron chi connectivity index (χ3n) is 5.27. The predicted molar refractivity (Wildman–Crippen MR) is 108 cm³/mol. The number of para-hydroxylation sites is 1. The van der Waals surface area contributed by atoms with E-state index < -0.39 is 0 Å². The quantitative estimate of drug-likeness (QED) is 0.635. The second-order valence-corrected chi connectivity index (χ2v) is 7.23. The molecular weight excluding hydrogens is 354 g/mol. The lowest BCUT2D eigenvalue weighted by Crippen LogP contribution is -2.38. The molecule has 4 N–H and O–H groups in total. The van der Waals surface area contributed by atoms with E-state index in [9.17, 15) is 9.59 Å². The molecule has 7 nitrogen and oxygen atoms in total. The first-order valence-corrected chi connectivity index (χ1v) is 9.45. The monoisotopic (exact) mass is 377 g/mol. The predicted octanol–water partition coefficient (Wildman–Crippen LogP) is 2.51. The first-order chi connectivity index (χ1) is 13.6. The molecule has 1 aromatic heterocycles. The molecule has 1 aliphatic rings. The van der Waals surface area contributed by atoms with Crippen molar-refractivity contribution in [2.75, 3.05) is 18.4 Å². The summed E-state index contributed by atoms with van der Waals surface area (Å²) in [4.78, 5) is 26.3. The van der Waals surface area contributed by atoms with Crippen LogP contribution in [-0.4, -0.2) is 40.0 Å². The van der Waals surface area contributed by atoms with Crippen molar-refractivity contribution < 1.29 is 9.59 Å². The van der Waals surface area contributed by atoms with E-state index in [1.54, 1.807) is 0 Å². The van der Waals surface area contributed by atoms with Crippen molar-refractivity contribution in [2.45, 2.75) is 19.4 Å². The highest BCUT2D eigenvalue weighted by molar-refractivity contribution is 6.11. The highest BCUT2D eigenvalue weighted by Crippen LogP contribution is 2.21. The summed E-state index contributed by atoms with van der Waals surface area (Å²) in [6, 6.07) is 15.4. The third kappa shape index (κ3) is 3.89. The summed E-state index contributed by atoms with van der Waals surface area (Å²) < 4.78 is 0. The van der Waals surface area contributed by atoms with Gasteiger partial charge in [-0.2, -0.15) is 5.10 Å².